The number of hydrogen-bond acceptors (Lipinski definition) is 1. The lowest BCUT2D eigenvalue weighted by Gasteiger charge is -2.23. The van der Waals surface area contributed by atoms with Crippen LogP contribution >= 0.6 is 0 Å². The summed E-state index contributed by atoms with van der Waals surface area (Å²) in [4.78, 5) is 0. The molecule has 1 heteroatoms. The maximum Gasteiger partial charge on any atom is 0.0130 e. The molecule has 0 aromatic heterocycles. The van der Waals surface area contributed by atoms with Crippen molar-refractivity contribution in [3.8, 4) is 0 Å². The van der Waals surface area contributed by atoms with Crippen LogP contribution in [0.3, 0.4) is 0 Å². The fraction of sp³-hybridized carbons (Fsp3) is 0.625. The first-order chi connectivity index (χ1) is 8.08. The molecule has 0 fully saturated rings. The van der Waals surface area contributed by atoms with Gasteiger partial charge in [0.15, 0.2) is 0 Å². The minimum Gasteiger partial charge on any atom is -0.316 e. The van der Waals surface area contributed by atoms with Crippen LogP contribution in [-0.4, -0.2) is 13.1 Å². The van der Waals surface area contributed by atoms with Crippen molar-refractivity contribution in [3.63, 3.8) is 0 Å². The van der Waals surface area contributed by atoms with Crippen LogP contribution in [0.5, 0.6) is 0 Å². The van der Waals surface area contributed by atoms with E-state index in [-0.39, 0.29) is 0 Å². The molecule has 0 heterocycles. The predicted molar refractivity (Wildman–Crippen MR) is 76.5 cm³/mol. The van der Waals surface area contributed by atoms with Gasteiger partial charge in [-0.1, -0.05) is 38.5 Å². The highest BCUT2D eigenvalue weighted by atomic mass is 14.9. The lowest BCUT2D eigenvalue weighted by atomic mass is 9.91. The van der Waals surface area contributed by atoms with Crippen molar-refractivity contribution in [1.29, 1.82) is 0 Å². The highest BCUT2D eigenvalue weighted by Crippen LogP contribution is 2.17. The summed E-state index contributed by atoms with van der Waals surface area (Å²) in [5, 5.41) is 3.47. The summed E-state index contributed by atoms with van der Waals surface area (Å²) >= 11 is 0. The molecule has 0 aliphatic heterocycles. The van der Waals surface area contributed by atoms with Crippen LogP contribution < -0.4 is 5.32 Å². The van der Waals surface area contributed by atoms with Crippen LogP contribution in [-0.2, 0) is 6.42 Å². The van der Waals surface area contributed by atoms with Crippen molar-refractivity contribution >= 4 is 0 Å². The molecule has 1 aromatic carbocycles. The first-order valence-corrected chi connectivity index (χ1v) is 6.81. The van der Waals surface area contributed by atoms with Gasteiger partial charge in [0.2, 0.25) is 0 Å². The maximum atomic E-state index is 3.47. The van der Waals surface area contributed by atoms with Gasteiger partial charge in [0.25, 0.3) is 0 Å². The lowest BCUT2D eigenvalue weighted by Crippen LogP contribution is -2.34. The van der Waals surface area contributed by atoms with Gasteiger partial charge in [0.05, 0.1) is 0 Å². The lowest BCUT2D eigenvalue weighted by molar-refractivity contribution is 0.371. The summed E-state index contributed by atoms with van der Waals surface area (Å²) in [5.74, 6) is 0.742. The average molecular weight is 233 g/mol. The summed E-state index contributed by atoms with van der Waals surface area (Å²) in [6, 6.07) is 7.43. The van der Waals surface area contributed by atoms with E-state index in [2.05, 4.69) is 58.3 Å². The summed E-state index contributed by atoms with van der Waals surface area (Å²) in [7, 11) is 2.08. The molecular formula is C16H27N. The zero-order valence-electron chi connectivity index (χ0n) is 12.0. The van der Waals surface area contributed by atoms with Gasteiger partial charge in [0.1, 0.15) is 0 Å². The Bertz CT molecular complexity index is 343. The zero-order valence-corrected chi connectivity index (χ0v) is 12.0. The summed E-state index contributed by atoms with van der Waals surface area (Å²) in [6.45, 7) is 8.99. The van der Waals surface area contributed by atoms with Crippen molar-refractivity contribution in [2.45, 2.75) is 53.0 Å². The van der Waals surface area contributed by atoms with Gasteiger partial charge in [-0.3, -0.25) is 0 Å². The molecule has 0 bridgehead atoms. The fourth-order valence-corrected chi connectivity index (χ4v) is 2.43. The zero-order chi connectivity index (χ0) is 12.8. The van der Waals surface area contributed by atoms with Gasteiger partial charge in [-0.15, -0.1) is 0 Å². The molecular weight excluding hydrogens is 206 g/mol. The second kappa shape index (κ2) is 6.80. The molecule has 1 aromatic rings. The van der Waals surface area contributed by atoms with Crippen molar-refractivity contribution in [2.24, 2.45) is 5.92 Å². The SMILES string of the molecule is CCCC(C)C(Cc1ccc(C)c(C)c1)NC. The molecule has 0 aliphatic rings. The Morgan fingerprint density at radius 3 is 2.41 bits per heavy atom. The third-order valence-electron chi connectivity index (χ3n) is 3.83. The Morgan fingerprint density at radius 1 is 1.18 bits per heavy atom. The normalized spacial score (nSPS) is 14.6. The van der Waals surface area contributed by atoms with Gasteiger partial charge in [-0.2, -0.15) is 0 Å². The number of aryl methyl sites for hydroxylation is 2. The summed E-state index contributed by atoms with van der Waals surface area (Å²) in [6.07, 6.45) is 3.71. The second-order valence-electron chi connectivity index (χ2n) is 5.28. The molecule has 0 radical (unpaired) electrons. The molecule has 17 heavy (non-hydrogen) atoms. The molecule has 1 N–H and O–H groups in total. The minimum atomic E-state index is 0.594. The third kappa shape index (κ3) is 4.16. The van der Waals surface area contributed by atoms with Crippen LogP contribution in [0.2, 0.25) is 0 Å². The molecule has 0 saturated heterocycles. The van der Waals surface area contributed by atoms with E-state index >= 15 is 0 Å². The van der Waals surface area contributed by atoms with E-state index in [4.69, 9.17) is 0 Å². The molecule has 2 atom stereocenters. The molecule has 2 unspecified atom stereocenters. The maximum absolute atomic E-state index is 3.47. The van der Waals surface area contributed by atoms with Gasteiger partial charge in [0, 0.05) is 6.04 Å². The predicted octanol–water partition coefficient (Wildman–Crippen LogP) is 3.87. The number of benzene rings is 1. The van der Waals surface area contributed by atoms with E-state index in [1.165, 1.54) is 29.5 Å². The Labute approximate surface area is 107 Å². The van der Waals surface area contributed by atoms with Crippen molar-refractivity contribution in [1.82, 2.24) is 5.32 Å². The van der Waals surface area contributed by atoms with E-state index in [0.29, 0.717) is 6.04 Å². The van der Waals surface area contributed by atoms with Crippen molar-refractivity contribution in [2.75, 3.05) is 7.05 Å². The molecule has 0 amide bonds. The largest absolute Gasteiger partial charge is 0.316 e. The monoisotopic (exact) mass is 233 g/mol. The first kappa shape index (κ1) is 14.2. The van der Waals surface area contributed by atoms with E-state index in [0.717, 1.165) is 12.3 Å². The Balaban J connectivity index is 2.70. The molecule has 1 nitrogen and oxygen atoms in total. The number of nitrogens with one attached hydrogen (secondary N) is 1. The van der Waals surface area contributed by atoms with E-state index < -0.39 is 0 Å². The van der Waals surface area contributed by atoms with Crippen LogP contribution in [0.4, 0.5) is 0 Å². The van der Waals surface area contributed by atoms with Crippen molar-refractivity contribution < 1.29 is 0 Å². The standard InChI is InChI=1S/C16H27N/c1-6-7-13(3)16(17-5)11-15-9-8-12(2)14(4)10-15/h8-10,13,16-17H,6-7,11H2,1-5H3. The van der Waals surface area contributed by atoms with Gasteiger partial charge in [-0.05, 0) is 56.3 Å². The minimum absolute atomic E-state index is 0.594. The smallest absolute Gasteiger partial charge is 0.0130 e. The third-order valence-corrected chi connectivity index (χ3v) is 3.83. The van der Waals surface area contributed by atoms with Crippen LogP contribution in [0, 0.1) is 19.8 Å². The van der Waals surface area contributed by atoms with Gasteiger partial charge >= 0.3 is 0 Å². The van der Waals surface area contributed by atoms with Gasteiger partial charge in [-0.25, -0.2) is 0 Å². The molecule has 0 aliphatic carbocycles. The number of rotatable bonds is 6. The average Bonchev–Trinajstić information content (AvgIpc) is 2.30. The highest BCUT2D eigenvalue weighted by molar-refractivity contribution is 5.30. The van der Waals surface area contributed by atoms with Crippen LogP contribution in [0.25, 0.3) is 0 Å². The van der Waals surface area contributed by atoms with Crippen LogP contribution in [0.1, 0.15) is 43.4 Å². The topological polar surface area (TPSA) is 12.0 Å². The van der Waals surface area contributed by atoms with Gasteiger partial charge < -0.3 is 5.32 Å². The van der Waals surface area contributed by atoms with Crippen molar-refractivity contribution in [3.05, 3.63) is 34.9 Å². The number of likely N-dealkylation sites (N-methyl/N-ethyl adjacent to an activating group) is 1. The molecule has 96 valence electrons. The van der Waals surface area contributed by atoms with Crippen LogP contribution in [0.15, 0.2) is 18.2 Å². The Morgan fingerprint density at radius 2 is 1.88 bits per heavy atom. The van der Waals surface area contributed by atoms with E-state index in [1.54, 1.807) is 0 Å². The number of hydrogen-bond donors (Lipinski definition) is 1. The second-order valence-corrected chi connectivity index (χ2v) is 5.28. The summed E-state index contributed by atoms with van der Waals surface area (Å²) < 4.78 is 0. The Kier molecular flexibility index (Phi) is 5.70. The summed E-state index contributed by atoms with van der Waals surface area (Å²) in [5.41, 5.74) is 4.24. The molecule has 0 spiro atoms. The van der Waals surface area contributed by atoms with E-state index in [1.807, 2.05) is 0 Å². The highest BCUT2D eigenvalue weighted by Gasteiger charge is 2.15. The molecule has 0 saturated carbocycles. The molecule has 1 rings (SSSR count). The quantitative estimate of drug-likeness (QED) is 0.786. The first-order valence-electron chi connectivity index (χ1n) is 6.81. The Hall–Kier alpha value is -0.820. The van der Waals surface area contributed by atoms with E-state index in [9.17, 15) is 0 Å². The fourth-order valence-electron chi connectivity index (χ4n) is 2.43.